The van der Waals surface area contributed by atoms with Gasteiger partial charge in [0.05, 0.1) is 0 Å². The number of rotatable bonds is 2. The summed E-state index contributed by atoms with van der Waals surface area (Å²) in [5.41, 5.74) is 3.85. The van der Waals surface area contributed by atoms with Crippen molar-refractivity contribution < 1.29 is 0 Å². The van der Waals surface area contributed by atoms with E-state index in [1.54, 1.807) is 0 Å². The van der Waals surface area contributed by atoms with Gasteiger partial charge >= 0.3 is 0 Å². The molecule has 1 aromatic rings. The highest BCUT2D eigenvalue weighted by atomic mass is 15.1. The van der Waals surface area contributed by atoms with Crippen LogP contribution in [0.4, 0.5) is 5.69 Å². The molecule has 0 aromatic heterocycles. The van der Waals surface area contributed by atoms with E-state index in [0.29, 0.717) is 5.92 Å². The lowest BCUT2D eigenvalue weighted by Gasteiger charge is -2.24. The van der Waals surface area contributed by atoms with Crippen molar-refractivity contribution in [3.8, 4) is 0 Å². The lowest BCUT2D eigenvalue weighted by atomic mass is 10.0. The fourth-order valence-corrected chi connectivity index (χ4v) is 2.03. The Bertz CT molecular complexity index is 429. The van der Waals surface area contributed by atoms with Crippen molar-refractivity contribution in [2.24, 2.45) is 5.92 Å². The first-order valence-electron chi connectivity index (χ1n) is 5.85. The van der Waals surface area contributed by atoms with Crippen LogP contribution >= 0.6 is 0 Å². The number of anilines is 1. The Morgan fingerprint density at radius 3 is 2.81 bits per heavy atom. The molecule has 0 amide bonds. The maximum atomic E-state index is 2.34. The summed E-state index contributed by atoms with van der Waals surface area (Å²) in [7, 11) is 2.13. The highest BCUT2D eigenvalue weighted by Gasteiger charge is 2.09. The second kappa shape index (κ2) is 4.56. The molecule has 1 atom stereocenters. The Morgan fingerprint density at radius 1 is 1.31 bits per heavy atom. The third-order valence-electron chi connectivity index (χ3n) is 3.03. The lowest BCUT2D eigenvalue weighted by Crippen LogP contribution is -2.17. The molecule has 0 fully saturated rings. The molecule has 0 bridgehead atoms. The minimum atomic E-state index is 0.646. The van der Waals surface area contributed by atoms with Gasteiger partial charge in [0, 0.05) is 18.4 Å². The molecule has 1 aromatic carbocycles. The van der Waals surface area contributed by atoms with Crippen LogP contribution in [-0.4, -0.2) is 7.05 Å². The molecule has 0 saturated heterocycles. The minimum Gasteiger partial charge on any atom is -0.345 e. The van der Waals surface area contributed by atoms with Crippen LogP contribution < -0.4 is 4.90 Å². The highest BCUT2D eigenvalue weighted by Crippen LogP contribution is 2.23. The monoisotopic (exact) mass is 213 g/mol. The van der Waals surface area contributed by atoms with Gasteiger partial charge < -0.3 is 4.90 Å². The molecular formula is C15H19N. The maximum Gasteiger partial charge on any atom is 0.0410 e. The van der Waals surface area contributed by atoms with Gasteiger partial charge in [0.25, 0.3) is 0 Å². The lowest BCUT2D eigenvalue weighted by molar-refractivity contribution is 0.724. The number of allylic oxidation sites excluding steroid dienone is 3. The Hall–Kier alpha value is -1.50. The molecule has 0 heterocycles. The zero-order valence-electron chi connectivity index (χ0n) is 10.3. The molecule has 1 heteroatoms. The van der Waals surface area contributed by atoms with Crippen LogP contribution in [-0.2, 0) is 0 Å². The number of aryl methyl sites for hydroxylation is 1. The molecule has 1 unspecified atom stereocenters. The third kappa shape index (κ3) is 2.35. The van der Waals surface area contributed by atoms with Crippen molar-refractivity contribution in [1.29, 1.82) is 0 Å². The van der Waals surface area contributed by atoms with E-state index in [1.165, 1.54) is 16.9 Å². The van der Waals surface area contributed by atoms with Gasteiger partial charge in [-0.25, -0.2) is 0 Å². The van der Waals surface area contributed by atoms with Gasteiger partial charge in [-0.2, -0.15) is 0 Å². The summed E-state index contributed by atoms with van der Waals surface area (Å²) in [6, 6.07) is 8.61. The largest absolute Gasteiger partial charge is 0.345 e. The fraction of sp³-hybridized carbons (Fsp3) is 0.333. The SMILES string of the molecule is Cc1cccc(N(C)C2=CC(C)CC=C2)c1. The van der Waals surface area contributed by atoms with E-state index in [1.807, 2.05) is 0 Å². The zero-order chi connectivity index (χ0) is 11.5. The van der Waals surface area contributed by atoms with Crippen LogP contribution in [0.15, 0.2) is 48.2 Å². The number of hydrogen-bond acceptors (Lipinski definition) is 1. The van der Waals surface area contributed by atoms with E-state index < -0.39 is 0 Å². The van der Waals surface area contributed by atoms with Crippen LogP contribution in [0.3, 0.4) is 0 Å². The average molecular weight is 213 g/mol. The van der Waals surface area contributed by atoms with E-state index in [-0.39, 0.29) is 0 Å². The molecule has 84 valence electrons. The first-order valence-corrected chi connectivity index (χ1v) is 5.85. The van der Waals surface area contributed by atoms with Gasteiger partial charge in [-0.1, -0.05) is 31.2 Å². The van der Waals surface area contributed by atoms with Gasteiger partial charge in [0.2, 0.25) is 0 Å². The summed E-state index contributed by atoms with van der Waals surface area (Å²) in [4.78, 5) is 2.25. The Morgan fingerprint density at radius 2 is 2.12 bits per heavy atom. The Balaban J connectivity index is 2.25. The molecule has 16 heavy (non-hydrogen) atoms. The maximum absolute atomic E-state index is 2.34. The van der Waals surface area contributed by atoms with Crippen LogP contribution in [0.1, 0.15) is 18.9 Å². The normalized spacial score (nSPS) is 19.4. The van der Waals surface area contributed by atoms with Crippen molar-refractivity contribution in [2.75, 3.05) is 11.9 Å². The van der Waals surface area contributed by atoms with Crippen LogP contribution in [0.2, 0.25) is 0 Å². The highest BCUT2D eigenvalue weighted by molar-refractivity contribution is 5.55. The Kier molecular flexibility index (Phi) is 3.14. The standard InChI is InChI=1S/C15H19N/c1-12-6-4-8-14(10-12)16(3)15-9-5-7-13(2)11-15/h4-6,8-11,13H,7H2,1-3H3. The predicted octanol–water partition coefficient (Wildman–Crippen LogP) is 3.91. The molecule has 0 N–H and O–H groups in total. The second-order valence-electron chi connectivity index (χ2n) is 4.60. The van der Waals surface area contributed by atoms with E-state index >= 15 is 0 Å². The number of hydrogen-bond donors (Lipinski definition) is 0. The van der Waals surface area contributed by atoms with Crippen molar-refractivity contribution >= 4 is 5.69 Å². The van der Waals surface area contributed by atoms with Crippen molar-refractivity contribution in [3.05, 3.63) is 53.8 Å². The summed E-state index contributed by atoms with van der Waals surface area (Å²) < 4.78 is 0. The topological polar surface area (TPSA) is 3.24 Å². The summed E-state index contributed by atoms with van der Waals surface area (Å²) in [5.74, 6) is 0.646. The van der Waals surface area contributed by atoms with E-state index in [0.717, 1.165) is 6.42 Å². The van der Waals surface area contributed by atoms with Crippen molar-refractivity contribution in [1.82, 2.24) is 0 Å². The molecule has 0 radical (unpaired) electrons. The quantitative estimate of drug-likeness (QED) is 0.720. The number of likely N-dealkylation sites (N-methyl/N-ethyl adjacent to an activating group) is 1. The summed E-state index contributed by atoms with van der Waals surface area (Å²) in [5, 5.41) is 0. The first kappa shape index (κ1) is 11.0. The number of nitrogens with zero attached hydrogens (tertiary/aromatic N) is 1. The van der Waals surface area contributed by atoms with Gasteiger partial charge in [-0.15, -0.1) is 0 Å². The molecule has 0 spiro atoms. The van der Waals surface area contributed by atoms with Crippen LogP contribution in [0.5, 0.6) is 0 Å². The molecule has 2 rings (SSSR count). The molecule has 1 nitrogen and oxygen atoms in total. The number of benzene rings is 1. The molecule has 1 aliphatic carbocycles. The molecule has 0 aliphatic heterocycles. The van der Waals surface area contributed by atoms with E-state index in [2.05, 4.69) is 68.3 Å². The molecule has 0 saturated carbocycles. The Labute approximate surface area is 98.1 Å². The van der Waals surface area contributed by atoms with E-state index in [9.17, 15) is 0 Å². The van der Waals surface area contributed by atoms with Crippen molar-refractivity contribution in [3.63, 3.8) is 0 Å². The first-order chi connectivity index (χ1) is 7.66. The van der Waals surface area contributed by atoms with Gasteiger partial charge in [0.15, 0.2) is 0 Å². The molecule has 1 aliphatic rings. The van der Waals surface area contributed by atoms with Gasteiger partial charge in [-0.3, -0.25) is 0 Å². The fourth-order valence-electron chi connectivity index (χ4n) is 2.03. The average Bonchev–Trinajstić information content (AvgIpc) is 2.28. The predicted molar refractivity (Wildman–Crippen MR) is 70.6 cm³/mol. The summed E-state index contributed by atoms with van der Waals surface area (Å²) in [6.45, 7) is 4.39. The van der Waals surface area contributed by atoms with Crippen LogP contribution in [0, 0.1) is 12.8 Å². The van der Waals surface area contributed by atoms with Gasteiger partial charge in [-0.05, 0) is 43.0 Å². The van der Waals surface area contributed by atoms with Crippen LogP contribution in [0.25, 0.3) is 0 Å². The minimum absolute atomic E-state index is 0.646. The molecular weight excluding hydrogens is 194 g/mol. The van der Waals surface area contributed by atoms with Gasteiger partial charge in [0.1, 0.15) is 0 Å². The summed E-state index contributed by atoms with van der Waals surface area (Å²) >= 11 is 0. The van der Waals surface area contributed by atoms with Crippen molar-refractivity contribution in [2.45, 2.75) is 20.3 Å². The van der Waals surface area contributed by atoms with E-state index in [4.69, 9.17) is 0 Å². The smallest absolute Gasteiger partial charge is 0.0410 e. The second-order valence-corrected chi connectivity index (χ2v) is 4.60. The third-order valence-corrected chi connectivity index (χ3v) is 3.03. The summed E-state index contributed by atoms with van der Waals surface area (Å²) in [6.07, 6.45) is 7.96. The zero-order valence-corrected chi connectivity index (χ0v) is 10.3.